The largest absolute Gasteiger partial charge is 0.481 e. The average molecular weight is 395 g/mol. The topological polar surface area (TPSA) is 82.6 Å². The molecule has 0 spiro atoms. The third kappa shape index (κ3) is 4.43. The van der Waals surface area contributed by atoms with E-state index in [0.29, 0.717) is 28.6 Å². The monoisotopic (exact) mass is 395 g/mol. The average Bonchev–Trinajstić information content (AvgIpc) is 3.20. The van der Waals surface area contributed by atoms with Gasteiger partial charge in [0.25, 0.3) is 5.91 Å². The summed E-state index contributed by atoms with van der Waals surface area (Å²) in [5.74, 6) is 1.15. The van der Waals surface area contributed by atoms with Crippen molar-refractivity contribution in [2.75, 3.05) is 6.79 Å². The maximum Gasteiger partial charge on any atom is 0.261 e. The minimum absolute atomic E-state index is 0.174. The smallest absolute Gasteiger partial charge is 0.261 e. The Hall–Kier alpha value is -3.68. The van der Waals surface area contributed by atoms with Crippen LogP contribution in [-0.4, -0.2) is 28.8 Å². The van der Waals surface area contributed by atoms with E-state index < -0.39 is 6.10 Å². The summed E-state index contributed by atoms with van der Waals surface area (Å²) in [4.78, 5) is 20.7. The SMILES string of the molecule is CC(Oc1ccc2c(c1)OCO2)C(=O)NCc1cc(-c2ccc(F)cc2)ncn1. The number of halogens is 1. The van der Waals surface area contributed by atoms with Gasteiger partial charge in [0.1, 0.15) is 17.9 Å². The van der Waals surface area contributed by atoms with Crippen LogP contribution in [0.2, 0.25) is 0 Å². The Kier molecular flexibility index (Phi) is 5.24. The highest BCUT2D eigenvalue weighted by atomic mass is 19.1. The molecular weight excluding hydrogens is 377 g/mol. The normalized spacial score (nSPS) is 13.0. The lowest BCUT2D eigenvalue weighted by molar-refractivity contribution is -0.127. The lowest BCUT2D eigenvalue weighted by Crippen LogP contribution is -2.36. The zero-order valence-corrected chi connectivity index (χ0v) is 15.6. The van der Waals surface area contributed by atoms with Gasteiger partial charge in [-0.25, -0.2) is 14.4 Å². The van der Waals surface area contributed by atoms with Crippen molar-refractivity contribution in [2.24, 2.45) is 0 Å². The van der Waals surface area contributed by atoms with Crippen molar-refractivity contribution in [1.29, 1.82) is 0 Å². The van der Waals surface area contributed by atoms with E-state index in [0.717, 1.165) is 5.56 Å². The Morgan fingerprint density at radius 3 is 2.76 bits per heavy atom. The van der Waals surface area contributed by atoms with E-state index >= 15 is 0 Å². The fourth-order valence-corrected chi connectivity index (χ4v) is 2.80. The van der Waals surface area contributed by atoms with Crippen LogP contribution < -0.4 is 19.5 Å². The fraction of sp³-hybridized carbons (Fsp3) is 0.190. The van der Waals surface area contributed by atoms with Gasteiger partial charge in [-0.1, -0.05) is 0 Å². The van der Waals surface area contributed by atoms with Crippen LogP contribution in [0.4, 0.5) is 4.39 Å². The molecule has 2 aromatic carbocycles. The number of rotatable bonds is 6. The molecule has 1 atom stereocenters. The second-order valence-electron chi connectivity index (χ2n) is 6.39. The van der Waals surface area contributed by atoms with Gasteiger partial charge in [0, 0.05) is 11.6 Å². The number of nitrogens with zero attached hydrogens (tertiary/aromatic N) is 2. The molecule has 1 N–H and O–H groups in total. The van der Waals surface area contributed by atoms with Crippen molar-refractivity contribution in [2.45, 2.75) is 19.6 Å². The van der Waals surface area contributed by atoms with E-state index in [2.05, 4.69) is 15.3 Å². The number of hydrogen-bond acceptors (Lipinski definition) is 6. The number of amides is 1. The van der Waals surface area contributed by atoms with Crippen LogP contribution in [0, 0.1) is 5.82 Å². The first-order valence-electron chi connectivity index (χ1n) is 8.99. The highest BCUT2D eigenvalue weighted by Gasteiger charge is 2.18. The highest BCUT2D eigenvalue weighted by molar-refractivity contribution is 5.80. The molecule has 8 heteroatoms. The summed E-state index contributed by atoms with van der Waals surface area (Å²) in [6, 6.07) is 12.9. The molecule has 2 heterocycles. The minimum Gasteiger partial charge on any atom is -0.481 e. The molecule has 0 fully saturated rings. The van der Waals surface area contributed by atoms with E-state index in [-0.39, 0.29) is 25.1 Å². The molecule has 7 nitrogen and oxygen atoms in total. The van der Waals surface area contributed by atoms with Crippen LogP contribution in [0.15, 0.2) is 54.9 Å². The second kappa shape index (κ2) is 8.14. The third-order valence-corrected chi connectivity index (χ3v) is 4.33. The van der Waals surface area contributed by atoms with E-state index in [1.54, 1.807) is 43.3 Å². The predicted octanol–water partition coefficient (Wildman–Crippen LogP) is 3.10. The van der Waals surface area contributed by atoms with Crippen molar-refractivity contribution in [3.05, 3.63) is 66.4 Å². The van der Waals surface area contributed by atoms with Crippen LogP contribution in [0.25, 0.3) is 11.3 Å². The number of carbonyl (C=O) groups excluding carboxylic acids is 1. The molecule has 0 saturated heterocycles. The van der Waals surface area contributed by atoms with E-state index in [1.165, 1.54) is 18.5 Å². The van der Waals surface area contributed by atoms with Crippen LogP contribution in [-0.2, 0) is 11.3 Å². The molecule has 4 rings (SSSR count). The summed E-state index contributed by atoms with van der Waals surface area (Å²) in [6.45, 7) is 2.04. The van der Waals surface area contributed by atoms with Gasteiger partial charge in [0.05, 0.1) is 17.9 Å². The van der Waals surface area contributed by atoms with Gasteiger partial charge in [-0.2, -0.15) is 0 Å². The molecule has 0 bridgehead atoms. The number of fused-ring (bicyclic) bond motifs is 1. The van der Waals surface area contributed by atoms with Crippen molar-refractivity contribution in [3.63, 3.8) is 0 Å². The van der Waals surface area contributed by atoms with Crippen molar-refractivity contribution in [3.8, 4) is 28.5 Å². The summed E-state index contributed by atoms with van der Waals surface area (Å²) in [5, 5.41) is 2.79. The molecule has 0 saturated carbocycles. The zero-order chi connectivity index (χ0) is 20.2. The summed E-state index contributed by atoms with van der Waals surface area (Å²) in [5.41, 5.74) is 2.04. The number of benzene rings is 2. The molecule has 148 valence electrons. The molecule has 1 unspecified atom stereocenters. The molecule has 0 radical (unpaired) electrons. The third-order valence-electron chi connectivity index (χ3n) is 4.33. The van der Waals surface area contributed by atoms with E-state index in [1.807, 2.05) is 0 Å². The van der Waals surface area contributed by atoms with Gasteiger partial charge in [-0.15, -0.1) is 0 Å². The highest BCUT2D eigenvalue weighted by Crippen LogP contribution is 2.35. The van der Waals surface area contributed by atoms with Crippen LogP contribution in [0.1, 0.15) is 12.6 Å². The molecule has 3 aromatic rings. The Labute approximate surface area is 166 Å². The number of carbonyl (C=O) groups is 1. The quantitative estimate of drug-likeness (QED) is 0.691. The van der Waals surface area contributed by atoms with Crippen molar-refractivity contribution in [1.82, 2.24) is 15.3 Å². The molecule has 0 aliphatic carbocycles. The van der Waals surface area contributed by atoms with Gasteiger partial charge in [0.15, 0.2) is 17.6 Å². The molecule has 1 aromatic heterocycles. The summed E-state index contributed by atoms with van der Waals surface area (Å²) in [7, 11) is 0. The lowest BCUT2D eigenvalue weighted by Gasteiger charge is -2.15. The standard InChI is InChI=1S/C21H18FN3O4/c1-13(29-17-6-7-19-20(9-17)28-12-27-19)21(26)23-10-16-8-18(25-11-24-16)14-2-4-15(22)5-3-14/h2-9,11,13H,10,12H2,1H3,(H,23,26). The summed E-state index contributed by atoms with van der Waals surface area (Å²) in [6.07, 6.45) is 0.695. The maximum atomic E-state index is 13.1. The Morgan fingerprint density at radius 2 is 1.93 bits per heavy atom. The molecule has 1 aliphatic heterocycles. The predicted molar refractivity (Wildman–Crippen MR) is 102 cm³/mol. The lowest BCUT2D eigenvalue weighted by atomic mass is 10.1. The Bertz CT molecular complexity index is 1030. The number of aromatic nitrogens is 2. The first-order chi connectivity index (χ1) is 14.1. The number of ether oxygens (including phenoxy) is 3. The van der Waals surface area contributed by atoms with Gasteiger partial charge >= 0.3 is 0 Å². The first-order valence-corrected chi connectivity index (χ1v) is 8.99. The zero-order valence-electron chi connectivity index (χ0n) is 15.6. The van der Waals surface area contributed by atoms with E-state index in [9.17, 15) is 9.18 Å². The van der Waals surface area contributed by atoms with Gasteiger partial charge in [-0.3, -0.25) is 4.79 Å². The number of nitrogens with one attached hydrogen (secondary N) is 1. The molecule has 29 heavy (non-hydrogen) atoms. The van der Waals surface area contributed by atoms with Crippen LogP contribution >= 0.6 is 0 Å². The van der Waals surface area contributed by atoms with Crippen LogP contribution in [0.3, 0.4) is 0 Å². The molecule has 1 aliphatic rings. The number of hydrogen-bond donors (Lipinski definition) is 1. The summed E-state index contributed by atoms with van der Waals surface area (Å²) < 4.78 is 29.3. The molecule has 1 amide bonds. The summed E-state index contributed by atoms with van der Waals surface area (Å²) >= 11 is 0. The van der Waals surface area contributed by atoms with Crippen LogP contribution in [0.5, 0.6) is 17.2 Å². The van der Waals surface area contributed by atoms with Crippen molar-refractivity contribution >= 4 is 5.91 Å². The Balaban J connectivity index is 1.35. The maximum absolute atomic E-state index is 13.1. The Morgan fingerprint density at radius 1 is 1.14 bits per heavy atom. The molecular formula is C21H18FN3O4. The fourth-order valence-electron chi connectivity index (χ4n) is 2.80. The second-order valence-corrected chi connectivity index (χ2v) is 6.39. The van der Waals surface area contributed by atoms with Gasteiger partial charge in [0.2, 0.25) is 6.79 Å². The minimum atomic E-state index is -0.714. The van der Waals surface area contributed by atoms with Gasteiger partial charge < -0.3 is 19.5 Å². The van der Waals surface area contributed by atoms with Gasteiger partial charge in [-0.05, 0) is 49.4 Å². The van der Waals surface area contributed by atoms with Crippen molar-refractivity contribution < 1.29 is 23.4 Å². The van der Waals surface area contributed by atoms with E-state index in [4.69, 9.17) is 14.2 Å². The first kappa shape index (κ1) is 18.7.